The Labute approximate surface area is 219 Å². The van der Waals surface area contributed by atoms with E-state index >= 15 is 0 Å². The van der Waals surface area contributed by atoms with Crippen LogP contribution in [0.1, 0.15) is 26.5 Å². The van der Waals surface area contributed by atoms with Crippen molar-refractivity contribution in [3.63, 3.8) is 0 Å². The zero-order chi connectivity index (χ0) is 25.5. The van der Waals surface area contributed by atoms with Crippen LogP contribution in [0.15, 0.2) is 71.8 Å². The van der Waals surface area contributed by atoms with Crippen LogP contribution in [0.5, 0.6) is 0 Å². The van der Waals surface area contributed by atoms with E-state index in [0.717, 1.165) is 11.1 Å². The highest BCUT2D eigenvalue weighted by molar-refractivity contribution is 7.91. The van der Waals surface area contributed by atoms with E-state index in [4.69, 9.17) is 34.8 Å². The molecule has 1 N–H and O–H groups in total. The second-order valence-corrected chi connectivity index (χ2v) is 12.1. The van der Waals surface area contributed by atoms with Crippen LogP contribution in [-0.2, 0) is 15.4 Å². The Morgan fingerprint density at radius 1 is 0.914 bits per heavy atom. The molecule has 4 aromatic rings. The van der Waals surface area contributed by atoms with E-state index < -0.39 is 15.4 Å². The first-order valence-electron chi connectivity index (χ1n) is 10.8. The number of hydrogen-bond donors (Lipinski definition) is 1. The zero-order valence-electron chi connectivity index (χ0n) is 19.3. The molecule has 9 heteroatoms. The Kier molecular flexibility index (Phi) is 7.06. The fraction of sp³-hybridized carbons (Fsp3) is 0.192. The largest absolute Gasteiger partial charge is 0.384 e. The highest BCUT2D eigenvalue weighted by atomic mass is 35.5. The van der Waals surface area contributed by atoms with Crippen molar-refractivity contribution >= 4 is 44.6 Å². The second-order valence-electron chi connectivity index (χ2n) is 8.57. The van der Waals surface area contributed by atoms with Gasteiger partial charge in [0.15, 0.2) is 9.84 Å². The lowest BCUT2D eigenvalue weighted by Crippen LogP contribution is -2.15. The summed E-state index contributed by atoms with van der Waals surface area (Å²) in [6, 6.07) is 17.4. The molecule has 1 aromatic heterocycles. The Balaban J connectivity index is 1.87. The fourth-order valence-electron chi connectivity index (χ4n) is 3.67. The van der Waals surface area contributed by atoms with Crippen molar-refractivity contribution in [3.8, 4) is 28.2 Å². The van der Waals surface area contributed by atoms with Gasteiger partial charge in [0.05, 0.1) is 37.1 Å². The van der Waals surface area contributed by atoms with E-state index in [9.17, 15) is 13.5 Å². The number of benzene rings is 3. The fourth-order valence-corrected chi connectivity index (χ4v) is 5.44. The van der Waals surface area contributed by atoms with Gasteiger partial charge in [-0.2, -0.15) is 0 Å². The first-order valence-corrected chi connectivity index (χ1v) is 13.6. The van der Waals surface area contributed by atoms with Gasteiger partial charge in [-0.1, -0.05) is 66.0 Å². The molecule has 0 aliphatic heterocycles. The smallest absolute Gasteiger partial charge is 0.178 e. The summed E-state index contributed by atoms with van der Waals surface area (Å²) in [5, 5.41) is 11.8. The van der Waals surface area contributed by atoms with Crippen molar-refractivity contribution in [2.24, 2.45) is 0 Å². The molecule has 0 saturated carbocycles. The van der Waals surface area contributed by atoms with E-state index in [1.54, 1.807) is 80.1 Å². The van der Waals surface area contributed by atoms with Crippen molar-refractivity contribution in [1.29, 1.82) is 0 Å². The van der Waals surface area contributed by atoms with Gasteiger partial charge in [-0.15, -0.1) is 0 Å². The number of halogens is 3. The number of aliphatic hydroxyl groups is 1. The molecular weight excluding hydrogens is 527 g/mol. The van der Waals surface area contributed by atoms with Crippen LogP contribution in [0, 0.1) is 0 Å². The van der Waals surface area contributed by atoms with Crippen molar-refractivity contribution in [2.45, 2.75) is 31.3 Å². The quantitative estimate of drug-likeness (QED) is 0.276. The number of sulfone groups is 1. The lowest BCUT2D eigenvalue weighted by molar-refractivity contribution is 0.0743. The Hall–Kier alpha value is -2.35. The number of aromatic nitrogens is 2. The number of hydrogen-bond acceptors (Lipinski definition) is 4. The molecule has 0 unspecified atom stereocenters. The Morgan fingerprint density at radius 2 is 1.54 bits per heavy atom. The van der Waals surface area contributed by atoms with Gasteiger partial charge in [0.25, 0.3) is 0 Å². The van der Waals surface area contributed by atoms with Gasteiger partial charge in [-0.3, -0.25) is 4.57 Å². The maximum Gasteiger partial charge on any atom is 0.178 e. The highest BCUT2D eigenvalue weighted by Crippen LogP contribution is 2.38. The van der Waals surface area contributed by atoms with Gasteiger partial charge >= 0.3 is 0 Å². The average molecular weight is 550 g/mol. The number of nitrogens with zero attached hydrogens (tertiary/aromatic N) is 2. The summed E-state index contributed by atoms with van der Waals surface area (Å²) in [5.74, 6) is 0.475. The normalized spacial score (nSPS) is 12.2. The van der Waals surface area contributed by atoms with Gasteiger partial charge in [0.1, 0.15) is 11.4 Å². The summed E-state index contributed by atoms with van der Waals surface area (Å²) in [5.41, 5.74) is 1.80. The summed E-state index contributed by atoms with van der Waals surface area (Å²) in [7, 11) is -3.34. The zero-order valence-corrected chi connectivity index (χ0v) is 22.3. The minimum absolute atomic E-state index is 0.0208. The number of rotatable bonds is 6. The van der Waals surface area contributed by atoms with Crippen LogP contribution in [0.25, 0.3) is 28.2 Å². The first kappa shape index (κ1) is 25.7. The van der Waals surface area contributed by atoms with E-state index in [2.05, 4.69) is 4.98 Å². The van der Waals surface area contributed by atoms with Crippen LogP contribution < -0.4 is 0 Å². The van der Waals surface area contributed by atoms with Crippen LogP contribution in [0.3, 0.4) is 0 Å². The van der Waals surface area contributed by atoms with E-state index in [1.165, 1.54) is 0 Å². The number of imidazole rings is 1. The molecule has 0 saturated heterocycles. The molecule has 0 aliphatic carbocycles. The van der Waals surface area contributed by atoms with Crippen molar-refractivity contribution < 1.29 is 13.5 Å². The molecule has 0 spiro atoms. The molecule has 0 bridgehead atoms. The van der Waals surface area contributed by atoms with Gasteiger partial charge in [-0.25, -0.2) is 13.4 Å². The van der Waals surface area contributed by atoms with Crippen molar-refractivity contribution in [3.05, 3.63) is 87.6 Å². The molecule has 4 rings (SSSR count). The highest BCUT2D eigenvalue weighted by Gasteiger charge is 2.25. The molecule has 5 nitrogen and oxygen atoms in total. The lowest BCUT2D eigenvalue weighted by atomic mass is 10.0. The maximum atomic E-state index is 12.3. The summed E-state index contributed by atoms with van der Waals surface area (Å²) in [6.07, 6.45) is 1.69. The molecule has 0 radical (unpaired) electrons. The SMILES string of the molecule is CCS(=O)(=O)c1cccc(-c2ccc(-c3nc(C(C)(C)O)cn3-c3c(Cl)cccc3Cl)c(Cl)c2)c1. The van der Waals surface area contributed by atoms with Gasteiger partial charge in [-0.05, 0) is 61.4 Å². The van der Waals surface area contributed by atoms with Crippen LogP contribution >= 0.6 is 34.8 Å². The molecule has 1 heterocycles. The van der Waals surface area contributed by atoms with E-state index in [-0.39, 0.29) is 10.6 Å². The summed E-state index contributed by atoms with van der Waals surface area (Å²) >= 11 is 19.7. The Morgan fingerprint density at radius 3 is 2.14 bits per heavy atom. The minimum Gasteiger partial charge on any atom is -0.384 e. The molecule has 0 amide bonds. The van der Waals surface area contributed by atoms with Crippen LogP contribution in [-0.4, -0.2) is 28.8 Å². The molecule has 0 aliphatic rings. The maximum absolute atomic E-state index is 12.3. The third kappa shape index (κ3) is 5.13. The first-order chi connectivity index (χ1) is 16.4. The molecule has 0 fully saturated rings. The predicted octanol–water partition coefficient (Wildman–Crippen LogP) is 7.19. The van der Waals surface area contributed by atoms with Crippen molar-refractivity contribution in [2.75, 3.05) is 5.75 Å². The molecule has 0 atom stereocenters. The minimum atomic E-state index is -3.34. The average Bonchev–Trinajstić information content (AvgIpc) is 3.24. The molecular formula is C26H23Cl3N2O3S. The second kappa shape index (κ2) is 9.60. The summed E-state index contributed by atoms with van der Waals surface area (Å²) < 4.78 is 26.4. The van der Waals surface area contributed by atoms with Crippen molar-refractivity contribution in [1.82, 2.24) is 9.55 Å². The van der Waals surface area contributed by atoms with Crippen LogP contribution in [0.2, 0.25) is 15.1 Å². The molecule has 35 heavy (non-hydrogen) atoms. The van der Waals surface area contributed by atoms with Gasteiger partial charge < -0.3 is 5.11 Å². The van der Waals surface area contributed by atoms with Gasteiger partial charge in [0, 0.05) is 11.8 Å². The third-order valence-corrected chi connectivity index (χ3v) is 8.28. The lowest BCUT2D eigenvalue weighted by Gasteiger charge is -2.13. The molecule has 3 aromatic carbocycles. The molecule has 182 valence electrons. The number of para-hydroxylation sites is 1. The predicted molar refractivity (Wildman–Crippen MR) is 142 cm³/mol. The standard InChI is InChI=1S/C26H23Cl3N2O3S/c1-4-35(33,34)18-8-5-7-16(13-18)17-11-12-19(22(29)14-17)25-30-23(26(2,3)32)15-31(25)24-20(27)9-6-10-21(24)28/h5-15,32H,4H2,1-3H3. The topological polar surface area (TPSA) is 72.2 Å². The summed E-state index contributed by atoms with van der Waals surface area (Å²) in [6.45, 7) is 4.89. The summed E-state index contributed by atoms with van der Waals surface area (Å²) in [4.78, 5) is 4.92. The van der Waals surface area contributed by atoms with E-state index in [0.29, 0.717) is 37.8 Å². The van der Waals surface area contributed by atoms with Crippen LogP contribution in [0.4, 0.5) is 0 Å². The monoisotopic (exact) mass is 548 g/mol. The van der Waals surface area contributed by atoms with E-state index in [1.807, 2.05) is 12.1 Å². The third-order valence-electron chi connectivity index (χ3n) is 5.63. The Bertz CT molecular complexity index is 1500. The van der Waals surface area contributed by atoms with Gasteiger partial charge in [0.2, 0.25) is 0 Å².